The molecule has 1 aromatic heterocycles. The van der Waals surface area contributed by atoms with Crippen molar-refractivity contribution in [2.75, 3.05) is 17.2 Å². The molecule has 0 unspecified atom stereocenters. The molecule has 0 aliphatic heterocycles. The monoisotopic (exact) mass is 315 g/mol. The van der Waals surface area contributed by atoms with E-state index in [1.165, 1.54) is 6.92 Å². The molecule has 1 heterocycles. The van der Waals surface area contributed by atoms with Gasteiger partial charge in [-0.3, -0.25) is 14.4 Å². The molecule has 2 rings (SSSR count). The Morgan fingerprint density at radius 1 is 1.04 bits per heavy atom. The van der Waals surface area contributed by atoms with Crippen LogP contribution in [0.4, 0.5) is 11.4 Å². The highest BCUT2D eigenvalue weighted by atomic mass is 16.3. The largest absolute Gasteiger partial charge is 0.472 e. The Kier molecular flexibility index (Phi) is 5.51. The predicted molar refractivity (Wildman–Crippen MR) is 84.8 cm³/mol. The lowest BCUT2D eigenvalue weighted by atomic mass is 10.2. The Balaban J connectivity index is 1.83. The number of hydrogen-bond donors (Lipinski definition) is 3. The molecule has 0 atom stereocenters. The second-order valence-corrected chi connectivity index (χ2v) is 4.85. The molecule has 7 heteroatoms. The predicted octanol–water partition coefficient (Wildman–Crippen LogP) is 1.54. The van der Waals surface area contributed by atoms with Crippen molar-refractivity contribution >= 4 is 29.1 Å². The molecular weight excluding hydrogens is 298 g/mol. The molecule has 0 aliphatic rings. The topological polar surface area (TPSA) is 100 Å². The Hall–Kier alpha value is -3.09. The van der Waals surface area contributed by atoms with E-state index in [9.17, 15) is 14.4 Å². The van der Waals surface area contributed by atoms with Crippen LogP contribution in [0.2, 0.25) is 0 Å². The summed E-state index contributed by atoms with van der Waals surface area (Å²) in [5.74, 6) is -1.71. The molecule has 0 saturated heterocycles. The quantitative estimate of drug-likeness (QED) is 0.728. The third kappa shape index (κ3) is 5.31. The van der Waals surface area contributed by atoms with Gasteiger partial charge in [0.15, 0.2) is 0 Å². The minimum Gasteiger partial charge on any atom is -0.472 e. The van der Waals surface area contributed by atoms with Gasteiger partial charge in [-0.2, -0.15) is 0 Å². The molecule has 0 radical (unpaired) electrons. The summed E-state index contributed by atoms with van der Waals surface area (Å²) in [4.78, 5) is 34.5. The van der Waals surface area contributed by atoms with Crippen LogP contribution in [0.3, 0.4) is 0 Å². The van der Waals surface area contributed by atoms with Crippen LogP contribution in [0, 0.1) is 0 Å². The van der Waals surface area contributed by atoms with Crippen molar-refractivity contribution in [1.82, 2.24) is 5.32 Å². The number of carbonyl (C=O) groups is 3. The third-order valence-corrected chi connectivity index (χ3v) is 2.93. The molecule has 3 amide bonds. The highest BCUT2D eigenvalue weighted by molar-refractivity contribution is 6.39. The van der Waals surface area contributed by atoms with E-state index in [1.807, 2.05) is 0 Å². The molecule has 0 fully saturated rings. The van der Waals surface area contributed by atoms with Crippen LogP contribution in [0.25, 0.3) is 0 Å². The number of hydrogen-bond acceptors (Lipinski definition) is 4. The van der Waals surface area contributed by atoms with E-state index in [1.54, 1.807) is 42.9 Å². The van der Waals surface area contributed by atoms with E-state index in [0.29, 0.717) is 24.3 Å². The first-order valence-electron chi connectivity index (χ1n) is 7.02. The van der Waals surface area contributed by atoms with Gasteiger partial charge in [0.2, 0.25) is 5.91 Å². The third-order valence-electron chi connectivity index (χ3n) is 2.93. The van der Waals surface area contributed by atoms with E-state index >= 15 is 0 Å². The average Bonchev–Trinajstić information content (AvgIpc) is 3.00. The smallest absolute Gasteiger partial charge is 0.313 e. The van der Waals surface area contributed by atoms with Gasteiger partial charge in [0, 0.05) is 24.8 Å². The van der Waals surface area contributed by atoms with Crippen molar-refractivity contribution < 1.29 is 18.8 Å². The van der Waals surface area contributed by atoms with Crippen LogP contribution in [-0.4, -0.2) is 24.3 Å². The molecule has 1 aromatic carbocycles. The van der Waals surface area contributed by atoms with Crippen LogP contribution in [0.5, 0.6) is 0 Å². The lowest BCUT2D eigenvalue weighted by Crippen LogP contribution is -2.36. The van der Waals surface area contributed by atoms with Gasteiger partial charge in [0.25, 0.3) is 0 Å². The van der Waals surface area contributed by atoms with Gasteiger partial charge in [0.05, 0.1) is 12.5 Å². The zero-order valence-electron chi connectivity index (χ0n) is 12.6. The van der Waals surface area contributed by atoms with Crippen LogP contribution in [0.1, 0.15) is 12.5 Å². The van der Waals surface area contributed by atoms with Crippen LogP contribution < -0.4 is 16.0 Å². The lowest BCUT2D eigenvalue weighted by molar-refractivity contribution is -0.136. The molecule has 0 saturated carbocycles. The first-order valence-corrected chi connectivity index (χ1v) is 7.02. The van der Waals surface area contributed by atoms with Gasteiger partial charge >= 0.3 is 11.8 Å². The van der Waals surface area contributed by atoms with E-state index in [4.69, 9.17) is 4.42 Å². The zero-order chi connectivity index (χ0) is 16.7. The number of amides is 3. The van der Waals surface area contributed by atoms with E-state index < -0.39 is 11.8 Å². The van der Waals surface area contributed by atoms with Crippen molar-refractivity contribution in [3.63, 3.8) is 0 Å². The van der Waals surface area contributed by atoms with Crippen molar-refractivity contribution in [2.45, 2.75) is 13.3 Å². The average molecular weight is 315 g/mol. The van der Waals surface area contributed by atoms with Crippen molar-refractivity contribution in [1.29, 1.82) is 0 Å². The summed E-state index contributed by atoms with van der Waals surface area (Å²) < 4.78 is 4.92. The standard InChI is InChI=1S/C16H17N3O4/c1-11(20)18-13-3-2-4-14(9-13)19-16(22)15(21)17-7-5-12-6-8-23-10-12/h2-4,6,8-10H,5,7H2,1H3,(H,17,21)(H,18,20)(H,19,22). The molecule has 0 bridgehead atoms. The molecule has 120 valence electrons. The maximum absolute atomic E-state index is 11.8. The van der Waals surface area contributed by atoms with Gasteiger partial charge < -0.3 is 20.4 Å². The summed E-state index contributed by atoms with van der Waals surface area (Å²) in [5.41, 5.74) is 1.90. The Morgan fingerprint density at radius 2 is 1.78 bits per heavy atom. The van der Waals surface area contributed by atoms with Gasteiger partial charge in [-0.25, -0.2) is 0 Å². The minimum absolute atomic E-state index is 0.217. The molecule has 3 N–H and O–H groups in total. The number of nitrogens with one attached hydrogen (secondary N) is 3. The summed E-state index contributed by atoms with van der Waals surface area (Å²) in [5, 5.41) is 7.60. The zero-order valence-corrected chi connectivity index (χ0v) is 12.6. The number of rotatable bonds is 5. The van der Waals surface area contributed by atoms with Gasteiger partial charge in [-0.1, -0.05) is 6.07 Å². The van der Waals surface area contributed by atoms with E-state index in [-0.39, 0.29) is 5.91 Å². The minimum atomic E-state index is -0.767. The first kappa shape index (κ1) is 16.3. The van der Waals surface area contributed by atoms with Crippen LogP contribution >= 0.6 is 0 Å². The summed E-state index contributed by atoms with van der Waals surface area (Å²) in [6.45, 7) is 1.72. The summed E-state index contributed by atoms with van der Waals surface area (Å²) in [6.07, 6.45) is 3.71. The number of anilines is 2. The normalized spacial score (nSPS) is 9.96. The summed E-state index contributed by atoms with van der Waals surface area (Å²) >= 11 is 0. The number of benzene rings is 1. The Labute approximate surface area is 133 Å². The highest BCUT2D eigenvalue weighted by Crippen LogP contribution is 2.14. The number of carbonyl (C=O) groups excluding carboxylic acids is 3. The fraction of sp³-hybridized carbons (Fsp3) is 0.188. The van der Waals surface area contributed by atoms with Gasteiger partial charge in [-0.15, -0.1) is 0 Å². The van der Waals surface area contributed by atoms with Crippen LogP contribution in [0.15, 0.2) is 47.3 Å². The fourth-order valence-electron chi connectivity index (χ4n) is 1.90. The highest BCUT2D eigenvalue weighted by Gasteiger charge is 2.13. The Bertz CT molecular complexity index is 695. The molecular formula is C16H17N3O4. The first-order chi connectivity index (χ1) is 11.0. The summed E-state index contributed by atoms with van der Waals surface area (Å²) in [7, 11) is 0. The van der Waals surface area contributed by atoms with Gasteiger partial charge in [-0.05, 0) is 36.2 Å². The van der Waals surface area contributed by atoms with E-state index in [2.05, 4.69) is 16.0 Å². The van der Waals surface area contributed by atoms with Crippen molar-refractivity contribution in [2.24, 2.45) is 0 Å². The van der Waals surface area contributed by atoms with Crippen LogP contribution in [-0.2, 0) is 20.8 Å². The Morgan fingerprint density at radius 3 is 2.43 bits per heavy atom. The maximum atomic E-state index is 11.8. The SMILES string of the molecule is CC(=O)Nc1cccc(NC(=O)C(=O)NCCc2ccoc2)c1. The van der Waals surface area contributed by atoms with Crippen molar-refractivity contribution in [3.05, 3.63) is 48.4 Å². The second kappa shape index (κ2) is 7.79. The molecule has 2 aromatic rings. The maximum Gasteiger partial charge on any atom is 0.313 e. The van der Waals surface area contributed by atoms with Crippen molar-refractivity contribution in [3.8, 4) is 0 Å². The molecule has 0 spiro atoms. The molecule has 23 heavy (non-hydrogen) atoms. The summed E-state index contributed by atoms with van der Waals surface area (Å²) in [6, 6.07) is 8.33. The lowest BCUT2D eigenvalue weighted by Gasteiger charge is -2.08. The van der Waals surface area contributed by atoms with Gasteiger partial charge in [0.1, 0.15) is 0 Å². The number of furan rings is 1. The second-order valence-electron chi connectivity index (χ2n) is 4.85. The fourth-order valence-corrected chi connectivity index (χ4v) is 1.90. The molecule has 0 aliphatic carbocycles. The molecule has 7 nitrogen and oxygen atoms in total. The van der Waals surface area contributed by atoms with E-state index in [0.717, 1.165) is 5.56 Å².